The minimum atomic E-state index is 0.0210. The van der Waals surface area contributed by atoms with Gasteiger partial charge in [0.15, 0.2) is 5.69 Å². The van der Waals surface area contributed by atoms with Crippen molar-refractivity contribution in [2.75, 3.05) is 39.8 Å². The highest BCUT2D eigenvalue weighted by molar-refractivity contribution is 5.92. The van der Waals surface area contributed by atoms with E-state index in [4.69, 9.17) is 4.74 Å². The van der Waals surface area contributed by atoms with Crippen molar-refractivity contribution >= 4 is 12.0 Å². The number of hydrogen-bond acceptors (Lipinski definition) is 5. The predicted molar refractivity (Wildman–Crippen MR) is 112 cm³/mol. The van der Waals surface area contributed by atoms with Gasteiger partial charge in [0.1, 0.15) is 5.75 Å². The molecule has 0 spiro atoms. The lowest BCUT2D eigenvalue weighted by atomic mass is 10.1. The van der Waals surface area contributed by atoms with Gasteiger partial charge in [0.05, 0.1) is 19.3 Å². The van der Waals surface area contributed by atoms with Crippen LogP contribution in [-0.2, 0) is 0 Å². The number of amides is 1. The number of benzene rings is 1. The molecule has 1 aromatic heterocycles. The second-order valence-electron chi connectivity index (χ2n) is 7.76. The first-order valence-corrected chi connectivity index (χ1v) is 10.5. The number of likely N-dealkylation sites (tertiary alicyclic amines) is 2. The van der Waals surface area contributed by atoms with Gasteiger partial charge in [-0.25, -0.2) is 4.68 Å². The minimum Gasteiger partial charge on any atom is -0.496 e. The van der Waals surface area contributed by atoms with Crippen LogP contribution in [0.3, 0.4) is 0 Å². The summed E-state index contributed by atoms with van der Waals surface area (Å²) in [6, 6.07) is 8.36. The summed E-state index contributed by atoms with van der Waals surface area (Å²) in [6.07, 6.45) is 10.4. The Kier molecular flexibility index (Phi) is 6.24. The number of rotatable bonds is 6. The van der Waals surface area contributed by atoms with Crippen LogP contribution in [0.25, 0.3) is 6.08 Å². The Morgan fingerprint density at radius 1 is 1.17 bits per heavy atom. The summed E-state index contributed by atoms with van der Waals surface area (Å²) in [5, 5.41) is 8.39. The van der Waals surface area contributed by atoms with Crippen LogP contribution >= 0.6 is 0 Å². The summed E-state index contributed by atoms with van der Waals surface area (Å²) in [6.45, 7) is 4.62. The number of nitrogens with zero attached hydrogens (tertiary/aromatic N) is 5. The second kappa shape index (κ2) is 9.22. The maximum atomic E-state index is 12.5. The molecule has 0 saturated carbocycles. The Morgan fingerprint density at radius 3 is 2.69 bits per heavy atom. The zero-order valence-corrected chi connectivity index (χ0v) is 17.0. The van der Waals surface area contributed by atoms with Crippen molar-refractivity contribution in [3.63, 3.8) is 0 Å². The van der Waals surface area contributed by atoms with Gasteiger partial charge in [0.2, 0.25) is 0 Å². The van der Waals surface area contributed by atoms with Gasteiger partial charge in [-0.15, -0.1) is 5.10 Å². The molecule has 0 unspecified atom stereocenters. The Balaban J connectivity index is 1.27. The average Bonchev–Trinajstić information content (AvgIpc) is 3.47. The number of para-hydroxylation sites is 1. The first-order chi connectivity index (χ1) is 14.2. The standard InChI is InChI=1S/C22H29N5O2/c1-29-21-9-3-2-7-18(21)8-6-12-25-15-10-19(11-16-25)27-17-20(23-24-27)22(28)26-13-4-5-14-26/h2-3,6-9,17,19H,4-5,10-16H2,1H3. The molecular formula is C22H29N5O2. The molecule has 29 heavy (non-hydrogen) atoms. The topological polar surface area (TPSA) is 63.5 Å². The number of carbonyl (C=O) groups is 1. The van der Waals surface area contributed by atoms with Gasteiger partial charge in [-0.05, 0) is 31.7 Å². The summed E-state index contributed by atoms with van der Waals surface area (Å²) in [5.41, 5.74) is 1.58. The molecule has 0 radical (unpaired) electrons. The number of methoxy groups -OCH3 is 1. The van der Waals surface area contributed by atoms with Gasteiger partial charge in [-0.2, -0.15) is 0 Å². The molecule has 2 aliphatic rings. The Labute approximate surface area is 171 Å². The first kappa shape index (κ1) is 19.6. The van der Waals surface area contributed by atoms with Crippen LogP contribution in [0.5, 0.6) is 5.75 Å². The molecule has 1 aromatic carbocycles. The van der Waals surface area contributed by atoms with E-state index in [1.165, 1.54) is 0 Å². The van der Waals surface area contributed by atoms with Gasteiger partial charge in [0.25, 0.3) is 5.91 Å². The molecule has 4 rings (SSSR count). The average molecular weight is 396 g/mol. The molecule has 1 amide bonds. The maximum Gasteiger partial charge on any atom is 0.276 e. The van der Waals surface area contributed by atoms with Crippen molar-refractivity contribution in [2.24, 2.45) is 0 Å². The van der Waals surface area contributed by atoms with Crippen LogP contribution in [0, 0.1) is 0 Å². The summed E-state index contributed by atoms with van der Waals surface area (Å²) in [5.74, 6) is 0.917. The molecule has 3 heterocycles. The van der Waals surface area contributed by atoms with Crippen molar-refractivity contribution in [2.45, 2.75) is 31.7 Å². The lowest BCUT2D eigenvalue weighted by Crippen LogP contribution is -2.34. The summed E-state index contributed by atoms with van der Waals surface area (Å²) in [4.78, 5) is 16.8. The van der Waals surface area contributed by atoms with E-state index in [2.05, 4.69) is 33.4 Å². The first-order valence-electron chi connectivity index (χ1n) is 10.5. The van der Waals surface area contributed by atoms with Crippen molar-refractivity contribution in [3.05, 3.63) is 47.8 Å². The summed E-state index contributed by atoms with van der Waals surface area (Å²) in [7, 11) is 1.70. The molecule has 154 valence electrons. The molecule has 2 aromatic rings. The zero-order valence-electron chi connectivity index (χ0n) is 17.0. The van der Waals surface area contributed by atoms with Crippen molar-refractivity contribution in [1.82, 2.24) is 24.8 Å². The highest BCUT2D eigenvalue weighted by Crippen LogP contribution is 2.23. The molecule has 2 aliphatic heterocycles. The minimum absolute atomic E-state index is 0.0210. The number of ether oxygens (including phenoxy) is 1. The van der Waals surface area contributed by atoms with E-state index in [1.807, 2.05) is 34.0 Å². The lowest BCUT2D eigenvalue weighted by molar-refractivity contribution is 0.0787. The van der Waals surface area contributed by atoms with Crippen LogP contribution in [-0.4, -0.2) is 70.5 Å². The molecule has 7 heteroatoms. The monoisotopic (exact) mass is 395 g/mol. The molecule has 0 aliphatic carbocycles. The highest BCUT2D eigenvalue weighted by atomic mass is 16.5. The molecule has 0 N–H and O–H groups in total. The Morgan fingerprint density at radius 2 is 1.93 bits per heavy atom. The van der Waals surface area contributed by atoms with Crippen molar-refractivity contribution in [3.8, 4) is 5.75 Å². The van der Waals surface area contributed by atoms with Gasteiger partial charge in [-0.1, -0.05) is 35.6 Å². The maximum absolute atomic E-state index is 12.5. The van der Waals surface area contributed by atoms with Crippen molar-refractivity contribution < 1.29 is 9.53 Å². The predicted octanol–water partition coefficient (Wildman–Crippen LogP) is 2.87. The molecule has 0 atom stereocenters. The summed E-state index contributed by atoms with van der Waals surface area (Å²) >= 11 is 0. The normalized spacial score (nSPS) is 18.6. The number of aromatic nitrogens is 3. The Hall–Kier alpha value is -2.67. The zero-order chi connectivity index (χ0) is 20.1. The molecule has 2 saturated heterocycles. The molecule has 7 nitrogen and oxygen atoms in total. The molecule has 0 bridgehead atoms. The van der Waals surface area contributed by atoms with Gasteiger partial charge in [0, 0.05) is 38.3 Å². The van der Waals surface area contributed by atoms with Crippen LogP contribution < -0.4 is 4.74 Å². The Bertz CT molecular complexity index is 848. The van der Waals surface area contributed by atoms with E-state index < -0.39 is 0 Å². The van der Waals surface area contributed by atoms with Crippen LogP contribution in [0.4, 0.5) is 0 Å². The van der Waals surface area contributed by atoms with Crippen molar-refractivity contribution in [1.29, 1.82) is 0 Å². The van der Waals surface area contributed by atoms with E-state index in [0.717, 1.165) is 69.7 Å². The fourth-order valence-corrected chi connectivity index (χ4v) is 4.13. The van der Waals surface area contributed by atoms with Crippen LogP contribution in [0.2, 0.25) is 0 Å². The molecular weight excluding hydrogens is 366 g/mol. The SMILES string of the molecule is COc1ccccc1C=CCN1CCC(n2cc(C(=O)N3CCCC3)nn2)CC1. The van der Waals surface area contributed by atoms with Gasteiger partial charge in [-0.3, -0.25) is 9.69 Å². The smallest absolute Gasteiger partial charge is 0.276 e. The highest BCUT2D eigenvalue weighted by Gasteiger charge is 2.25. The fraction of sp³-hybridized carbons (Fsp3) is 0.500. The van der Waals surface area contributed by atoms with E-state index in [0.29, 0.717) is 11.7 Å². The van der Waals surface area contributed by atoms with E-state index in [-0.39, 0.29) is 5.91 Å². The van der Waals surface area contributed by atoms with E-state index >= 15 is 0 Å². The van der Waals surface area contributed by atoms with Crippen LogP contribution in [0.15, 0.2) is 36.5 Å². The van der Waals surface area contributed by atoms with Gasteiger partial charge < -0.3 is 9.64 Å². The van der Waals surface area contributed by atoms with E-state index in [1.54, 1.807) is 7.11 Å². The largest absolute Gasteiger partial charge is 0.496 e. The third-order valence-electron chi connectivity index (χ3n) is 5.85. The number of piperidine rings is 1. The number of hydrogen-bond donors (Lipinski definition) is 0. The summed E-state index contributed by atoms with van der Waals surface area (Å²) < 4.78 is 7.29. The fourth-order valence-electron chi connectivity index (χ4n) is 4.13. The quantitative estimate of drug-likeness (QED) is 0.753. The number of carbonyl (C=O) groups excluding carboxylic acids is 1. The molecule has 2 fully saturated rings. The lowest BCUT2D eigenvalue weighted by Gasteiger charge is -2.30. The third-order valence-corrected chi connectivity index (χ3v) is 5.85. The van der Waals surface area contributed by atoms with Gasteiger partial charge >= 0.3 is 0 Å². The second-order valence-corrected chi connectivity index (χ2v) is 7.76. The van der Waals surface area contributed by atoms with E-state index in [9.17, 15) is 4.79 Å². The van der Waals surface area contributed by atoms with Crippen LogP contribution in [0.1, 0.15) is 47.8 Å². The third kappa shape index (κ3) is 4.67.